The number of fused-ring (bicyclic) bond motifs is 1. The number of sulfone groups is 1. The zero-order valence-corrected chi connectivity index (χ0v) is 15.6. The summed E-state index contributed by atoms with van der Waals surface area (Å²) < 4.78 is 41.6. The number of ether oxygens (including phenoxy) is 2. The van der Waals surface area contributed by atoms with Crippen LogP contribution < -0.4 is 9.47 Å². The first-order valence-corrected chi connectivity index (χ1v) is 10.1. The van der Waals surface area contributed by atoms with E-state index < -0.39 is 15.1 Å². The number of rotatable bonds is 5. The van der Waals surface area contributed by atoms with Crippen molar-refractivity contribution in [2.24, 2.45) is 0 Å². The number of benzene rings is 1. The largest absolute Gasteiger partial charge is 0.489 e. The Bertz CT molecular complexity index is 865. The normalized spacial score (nSPS) is 15.6. The Morgan fingerprint density at radius 3 is 2.76 bits per heavy atom. The number of hydrogen-bond acceptors (Lipinski definition) is 7. The van der Waals surface area contributed by atoms with Crippen LogP contribution in [0.2, 0.25) is 5.02 Å². The van der Waals surface area contributed by atoms with Gasteiger partial charge < -0.3 is 14.0 Å². The molecule has 1 aliphatic heterocycles. The molecule has 1 aromatic carbocycles. The van der Waals surface area contributed by atoms with Gasteiger partial charge in [-0.1, -0.05) is 23.7 Å². The minimum Gasteiger partial charge on any atom is -0.489 e. The Morgan fingerprint density at radius 1 is 1.28 bits per heavy atom. The van der Waals surface area contributed by atoms with Gasteiger partial charge in [0.25, 0.3) is 0 Å². The average Bonchev–Trinajstić information content (AvgIpc) is 2.92. The zero-order valence-electron chi connectivity index (χ0n) is 14.0. The van der Waals surface area contributed by atoms with Gasteiger partial charge in [-0.3, -0.25) is 0 Å². The highest BCUT2D eigenvalue weighted by molar-refractivity contribution is 7.90. The zero-order chi connectivity index (χ0) is 18.0. The van der Waals surface area contributed by atoms with E-state index in [4.69, 9.17) is 25.6 Å². The Balaban J connectivity index is 1.85. The maximum absolute atomic E-state index is 12.7. The topological polar surface area (TPSA) is 91.5 Å². The standard InChI is InChI=1S/C16H19ClN2O5S/c1-3-14-18-16(24-19-14)10(2)25(20,21)9-11-7-12(17)15-13(8-11)22-5-4-6-23-15/h7-8,10H,3-6,9H2,1-2H3. The molecule has 1 aromatic heterocycles. The van der Waals surface area contributed by atoms with Crippen LogP contribution in [0.4, 0.5) is 0 Å². The second-order valence-corrected chi connectivity index (χ2v) is 8.54. The summed E-state index contributed by atoms with van der Waals surface area (Å²) >= 11 is 6.23. The smallest absolute Gasteiger partial charge is 0.244 e. The highest BCUT2D eigenvalue weighted by Crippen LogP contribution is 2.39. The molecule has 136 valence electrons. The van der Waals surface area contributed by atoms with Crippen molar-refractivity contribution in [1.29, 1.82) is 0 Å². The summed E-state index contributed by atoms with van der Waals surface area (Å²) in [4.78, 5) is 4.11. The van der Waals surface area contributed by atoms with Gasteiger partial charge in [0.1, 0.15) is 5.25 Å². The van der Waals surface area contributed by atoms with Crippen LogP contribution in [0.25, 0.3) is 0 Å². The Morgan fingerprint density at radius 2 is 2.04 bits per heavy atom. The second-order valence-electron chi connectivity index (χ2n) is 5.81. The van der Waals surface area contributed by atoms with Crippen LogP contribution in [-0.4, -0.2) is 31.8 Å². The summed E-state index contributed by atoms with van der Waals surface area (Å²) in [6, 6.07) is 3.24. The van der Waals surface area contributed by atoms with Crippen LogP contribution in [-0.2, 0) is 22.0 Å². The summed E-state index contributed by atoms with van der Waals surface area (Å²) in [6.45, 7) is 4.41. The van der Waals surface area contributed by atoms with Gasteiger partial charge in [0.05, 0.1) is 24.0 Å². The Hall–Kier alpha value is -1.80. The van der Waals surface area contributed by atoms with Gasteiger partial charge in [0, 0.05) is 12.8 Å². The third-order valence-corrected chi connectivity index (χ3v) is 6.21. The molecule has 0 amide bonds. The first-order valence-electron chi connectivity index (χ1n) is 8.02. The minimum atomic E-state index is -3.56. The fourth-order valence-electron chi connectivity index (χ4n) is 2.45. The van der Waals surface area contributed by atoms with Gasteiger partial charge in [0.15, 0.2) is 27.2 Å². The molecule has 0 fully saturated rings. The van der Waals surface area contributed by atoms with E-state index in [0.29, 0.717) is 47.5 Å². The van der Waals surface area contributed by atoms with E-state index in [1.165, 1.54) is 6.92 Å². The number of aromatic nitrogens is 2. The lowest BCUT2D eigenvalue weighted by molar-refractivity contribution is 0.297. The third kappa shape index (κ3) is 3.90. The summed E-state index contributed by atoms with van der Waals surface area (Å²) in [7, 11) is -3.56. The molecule has 2 aromatic rings. The van der Waals surface area contributed by atoms with Gasteiger partial charge in [0.2, 0.25) is 5.89 Å². The molecule has 9 heteroatoms. The van der Waals surface area contributed by atoms with E-state index in [1.807, 2.05) is 6.92 Å². The summed E-state index contributed by atoms with van der Waals surface area (Å²) in [5.41, 5.74) is 0.524. The number of halogens is 1. The average molecular weight is 387 g/mol. The molecule has 0 bridgehead atoms. The lowest BCUT2D eigenvalue weighted by atomic mass is 10.2. The monoisotopic (exact) mass is 386 g/mol. The second kappa shape index (κ2) is 7.21. The first kappa shape index (κ1) is 18.0. The molecule has 0 spiro atoms. The van der Waals surface area contributed by atoms with Gasteiger partial charge in [-0.05, 0) is 24.6 Å². The van der Waals surface area contributed by atoms with Crippen molar-refractivity contribution < 1.29 is 22.4 Å². The van der Waals surface area contributed by atoms with Crippen LogP contribution in [0.1, 0.15) is 42.8 Å². The van der Waals surface area contributed by atoms with Crippen LogP contribution in [0.3, 0.4) is 0 Å². The predicted molar refractivity (Wildman–Crippen MR) is 91.8 cm³/mol. The van der Waals surface area contributed by atoms with Gasteiger partial charge in [-0.25, -0.2) is 8.42 Å². The van der Waals surface area contributed by atoms with Gasteiger partial charge in [-0.15, -0.1) is 0 Å². The van der Waals surface area contributed by atoms with Crippen molar-refractivity contribution >= 4 is 21.4 Å². The van der Waals surface area contributed by atoms with Crippen molar-refractivity contribution in [2.45, 2.75) is 37.7 Å². The van der Waals surface area contributed by atoms with E-state index in [9.17, 15) is 8.42 Å². The van der Waals surface area contributed by atoms with Crippen molar-refractivity contribution in [3.8, 4) is 11.5 Å². The van der Waals surface area contributed by atoms with Crippen molar-refractivity contribution in [3.63, 3.8) is 0 Å². The number of hydrogen-bond donors (Lipinski definition) is 0. The van der Waals surface area contributed by atoms with Crippen LogP contribution in [0, 0.1) is 0 Å². The predicted octanol–water partition coefficient (Wildman–Crippen LogP) is 3.12. The van der Waals surface area contributed by atoms with Gasteiger partial charge >= 0.3 is 0 Å². The molecule has 0 aliphatic carbocycles. The lowest BCUT2D eigenvalue weighted by Crippen LogP contribution is -2.13. The maximum atomic E-state index is 12.7. The summed E-state index contributed by atoms with van der Waals surface area (Å²) in [6.07, 6.45) is 1.32. The summed E-state index contributed by atoms with van der Waals surface area (Å²) in [5.74, 6) is 1.29. The van der Waals surface area contributed by atoms with E-state index in [2.05, 4.69) is 10.1 Å². The number of nitrogens with zero attached hydrogens (tertiary/aromatic N) is 2. The molecular weight excluding hydrogens is 368 g/mol. The SMILES string of the molecule is CCc1noc(C(C)S(=O)(=O)Cc2cc(Cl)c3c(c2)OCCCO3)n1. The minimum absolute atomic E-state index is 0.0947. The molecule has 25 heavy (non-hydrogen) atoms. The fourth-order valence-corrected chi connectivity index (χ4v) is 4.03. The lowest BCUT2D eigenvalue weighted by Gasteiger charge is -2.13. The van der Waals surface area contributed by atoms with Crippen LogP contribution >= 0.6 is 11.6 Å². The molecule has 0 saturated heterocycles. The highest BCUT2D eigenvalue weighted by Gasteiger charge is 2.29. The quantitative estimate of drug-likeness (QED) is 0.779. The molecule has 1 unspecified atom stereocenters. The molecule has 3 rings (SSSR count). The molecule has 0 radical (unpaired) electrons. The molecule has 1 aliphatic rings. The van der Waals surface area contributed by atoms with Crippen molar-refractivity contribution in [3.05, 3.63) is 34.4 Å². The third-order valence-electron chi connectivity index (χ3n) is 3.92. The maximum Gasteiger partial charge on any atom is 0.244 e. The fraction of sp³-hybridized carbons (Fsp3) is 0.500. The van der Waals surface area contributed by atoms with Crippen molar-refractivity contribution in [2.75, 3.05) is 13.2 Å². The molecule has 1 atom stereocenters. The van der Waals surface area contributed by atoms with Crippen LogP contribution in [0.15, 0.2) is 16.7 Å². The van der Waals surface area contributed by atoms with Gasteiger partial charge in [-0.2, -0.15) is 4.98 Å². The molecule has 2 heterocycles. The Labute approximate surface area is 151 Å². The van der Waals surface area contributed by atoms with E-state index in [-0.39, 0.29) is 11.6 Å². The number of aryl methyl sites for hydroxylation is 1. The molecule has 0 saturated carbocycles. The molecular formula is C16H19ClN2O5S. The molecule has 7 nitrogen and oxygen atoms in total. The van der Waals surface area contributed by atoms with Crippen LogP contribution in [0.5, 0.6) is 11.5 Å². The first-order chi connectivity index (χ1) is 11.9. The summed E-state index contributed by atoms with van der Waals surface area (Å²) in [5, 5.41) is 3.18. The molecule has 0 N–H and O–H groups in total. The Kier molecular flexibility index (Phi) is 5.19. The van der Waals surface area contributed by atoms with Crippen molar-refractivity contribution in [1.82, 2.24) is 10.1 Å². The van der Waals surface area contributed by atoms with E-state index in [1.54, 1.807) is 12.1 Å². The van der Waals surface area contributed by atoms with E-state index >= 15 is 0 Å². The van der Waals surface area contributed by atoms with E-state index in [0.717, 1.165) is 6.42 Å². The highest BCUT2D eigenvalue weighted by atomic mass is 35.5.